The molecule has 3 rings (SSSR count). The van der Waals surface area contributed by atoms with Crippen LogP contribution in [0.25, 0.3) is 0 Å². The highest BCUT2D eigenvalue weighted by molar-refractivity contribution is 5.07. The van der Waals surface area contributed by atoms with Crippen LogP contribution in [0.5, 0.6) is 0 Å². The highest BCUT2D eigenvalue weighted by atomic mass is 16.1. The predicted octanol–water partition coefficient (Wildman–Crippen LogP) is 1.34. The predicted molar refractivity (Wildman–Crippen MR) is 77.6 cm³/mol. The van der Waals surface area contributed by atoms with Crippen LogP contribution in [-0.2, 0) is 13.6 Å². The van der Waals surface area contributed by atoms with Crippen LogP contribution in [0.4, 0.5) is 0 Å². The van der Waals surface area contributed by atoms with Crippen LogP contribution < -0.4 is 5.56 Å². The number of likely N-dealkylation sites (tertiary alicyclic amines) is 1. The Morgan fingerprint density at radius 1 is 1.40 bits per heavy atom. The van der Waals surface area contributed by atoms with Gasteiger partial charge in [-0.2, -0.15) is 5.10 Å². The molecule has 1 aliphatic rings. The van der Waals surface area contributed by atoms with Crippen molar-refractivity contribution in [3.8, 4) is 0 Å². The molecule has 1 atom stereocenters. The normalized spacial score (nSPS) is 19.6. The summed E-state index contributed by atoms with van der Waals surface area (Å²) in [7, 11) is 1.84. The Bertz CT molecular complexity index is 658. The molecule has 0 bridgehead atoms. The van der Waals surface area contributed by atoms with Gasteiger partial charge in [0, 0.05) is 44.6 Å². The van der Waals surface area contributed by atoms with E-state index in [0.717, 1.165) is 31.7 Å². The van der Waals surface area contributed by atoms with Crippen molar-refractivity contribution in [2.45, 2.75) is 25.9 Å². The lowest BCUT2D eigenvalue weighted by atomic mass is 10.3. The molecular weight excluding hydrogens is 252 g/mol. The lowest BCUT2D eigenvalue weighted by Crippen LogP contribution is -2.26. The van der Waals surface area contributed by atoms with Gasteiger partial charge in [-0.1, -0.05) is 6.07 Å². The van der Waals surface area contributed by atoms with Crippen LogP contribution in [0.1, 0.15) is 23.7 Å². The second kappa shape index (κ2) is 5.25. The summed E-state index contributed by atoms with van der Waals surface area (Å²) in [6, 6.07) is 5.90. The number of nitrogens with zero attached hydrogens (tertiary/aromatic N) is 4. The van der Waals surface area contributed by atoms with Crippen molar-refractivity contribution in [2.75, 3.05) is 13.1 Å². The van der Waals surface area contributed by atoms with Crippen molar-refractivity contribution < 1.29 is 0 Å². The molecule has 106 valence electrons. The van der Waals surface area contributed by atoms with Crippen molar-refractivity contribution in [3.05, 3.63) is 52.2 Å². The van der Waals surface area contributed by atoms with Gasteiger partial charge >= 0.3 is 0 Å². The second-order valence-corrected chi connectivity index (χ2v) is 5.59. The average molecular weight is 272 g/mol. The lowest BCUT2D eigenvalue weighted by molar-refractivity contribution is 0.303. The van der Waals surface area contributed by atoms with Gasteiger partial charge in [-0.25, -0.2) is 0 Å². The highest BCUT2D eigenvalue weighted by Crippen LogP contribution is 2.22. The summed E-state index contributed by atoms with van der Waals surface area (Å²) >= 11 is 0. The van der Waals surface area contributed by atoms with Crippen LogP contribution in [-0.4, -0.2) is 32.3 Å². The zero-order valence-corrected chi connectivity index (χ0v) is 12.0. The van der Waals surface area contributed by atoms with Gasteiger partial charge in [-0.15, -0.1) is 0 Å². The first kappa shape index (κ1) is 13.1. The molecule has 2 aromatic rings. The highest BCUT2D eigenvalue weighted by Gasteiger charge is 2.24. The Labute approximate surface area is 118 Å². The molecule has 1 saturated heterocycles. The van der Waals surface area contributed by atoms with E-state index in [4.69, 9.17) is 0 Å². The molecule has 5 nitrogen and oxygen atoms in total. The molecule has 0 amide bonds. The minimum Gasteiger partial charge on any atom is -0.314 e. The van der Waals surface area contributed by atoms with Gasteiger partial charge in [0.25, 0.3) is 0 Å². The van der Waals surface area contributed by atoms with E-state index in [1.807, 2.05) is 25.4 Å². The number of rotatable bonds is 3. The van der Waals surface area contributed by atoms with Gasteiger partial charge in [-0.3, -0.25) is 14.4 Å². The first-order valence-corrected chi connectivity index (χ1v) is 7.01. The molecule has 0 N–H and O–H groups in total. The fourth-order valence-electron chi connectivity index (χ4n) is 2.80. The zero-order valence-electron chi connectivity index (χ0n) is 12.0. The third kappa shape index (κ3) is 2.54. The van der Waals surface area contributed by atoms with E-state index >= 15 is 0 Å². The van der Waals surface area contributed by atoms with Crippen LogP contribution in [0.3, 0.4) is 0 Å². The zero-order chi connectivity index (χ0) is 14.1. The van der Waals surface area contributed by atoms with Crippen molar-refractivity contribution in [1.29, 1.82) is 0 Å². The topological polar surface area (TPSA) is 43.1 Å². The second-order valence-electron chi connectivity index (χ2n) is 5.59. The molecule has 0 aliphatic carbocycles. The molecular formula is C15H20N4O. The minimum absolute atomic E-state index is 0.0564. The Balaban J connectivity index is 1.69. The molecule has 0 aromatic carbocycles. The quantitative estimate of drug-likeness (QED) is 0.847. The number of aromatic nitrogens is 3. The third-order valence-electron chi connectivity index (χ3n) is 4.03. The molecule has 1 unspecified atom stereocenters. The summed E-state index contributed by atoms with van der Waals surface area (Å²) < 4.78 is 3.80. The fraction of sp³-hybridized carbons (Fsp3) is 0.467. The lowest BCUT2D eigenvalue weighted by Gasteiger charge is -2.18. The van der Waals surface area contributed by atoms with Gasteiger partial charge in [-0.05, 0) is 25.0 Å². The molecule has 0 radical (unpaired) electrons. The van der Waals surface area contributed by atoms with Gasteiger partial charge in [0.1, 0.15) is 0 Å². The van der Waals surface area contributed by atoms with Crippen LogP contribution in [0, 0.1) is 6.92 Å². The maximum Gasteiger partial charge on any atom is 0.250 e. The van der Waals surface area contributed by atoms with Crippen molar-refractivity contribution in [1.82, 2.24) is 19.2 Å². The number of hydrogen-bond acceptors (Lipinski definition) is 3. The molecule has 20 heavy (non-hydrogen) atoms. The maximum absolute atomic E-state index is 11.6. The molecule has 2 aromatic heterocycles. The van der Waals surface area contributed by atoms with Gasteiger partial charge in [0.2, 0.25) is 5.56 Å². The van der Waals surface area contributed by atoms with Crippen LogP contribution in [0.2, 0.25) is 0 Å². The Morgan fingerprint density at radius 2 is 2.25 bits per heavy atom. The Kier molecular flexibility index (Phi) is 3.44. The number of hydrogen-bond donors (Lipinski definition) is 0. The first-order chi connectivity index (χ1) is 9.63. The van der Waals surface area contributed by atoms with Gasteiger partial charge < -0.3 is 4.57 Å². The molecule has 1 fully saturated rings. The Morgan fingerprint density at radius 3 is 3.00 bits per heavy atom. The van der Waals surface area contributed by atoms with E-state index in [-0.39, 0.29) is 5.56 Å². The summed E-state index contributed by atoms with van der Waals surface area (Å²) in [4.78, 5) is 14.0. The Hall–Kier alpha value is -1.88. The van der Waals surface area contributed by atoms with E-state index in [1.165, 1.54) is 5.56 Å². The number of aryl methyl sites for hydroxylation is 1. The summed E-state index contributed by atoms with van der Waals surface area (Å²) in [6.45, 7) is 4.93. The van der Waals surface area contributed by atoms with E-state index in [1.54, 1.807) is 10.6 Å². The molecule has 0 spiro atoms. The SMILES string of the molecule is Cc1cnn(C2CCN(Cc3cccc(=O)n3C)C2)c1. The molecule has 0 saturated carbocycles. The first-order valence-electron chi connectivity index (χ1n) is 7.01. The molecule has 5 heteroatoms. The molecule has 3 heterocycles. The largest absolute Gasteiger partial charge is 0.314 e. The van der Waals surface area contributed by atoms with Gasteiger partial charge in [0.05, 0.1) is 12.2 Å². The third-order valence-corrected chi connectivity index (χ3v) is 4.03. The molecule has 1 aliphatic heterocycles. The van der Waals surface area contributed by atoms with E-state index < -0.39 is 0 Å². The van der Waals surface area contributed by atoms with Crippen LogP contribution in [0.15, 0.2) is 35.4 Å². The fourth-order valence-corrected chi connectivity index (χ4v) is 2.80. The van der Waals surface area contributed by atoms with Crippen molar-refractivity contribution in [2.24, 2.45) is 7.05 Å². The van der Waals surface area contributed by atoms with Gasteiger partial charge in [0.15, 0.2) is 0 Å². The summed E-state index contributed by atoms with van der Waals surface area (Å²) in [5, 5.41) is 4.41. The van der Waals surface area contributed by atoms with Crippen molar-refractivity contribution in [3.63, 3.8) is 0 Å². The van der Waals surface area contributed by atoms with E-state index in [0.29, 0.717) is 6.04 Å². The van der Waals surface area contributed by atoms with Crippen molar-refractivity contribution >= 4 is 0 Å². The minimum atomic E-state index is 0.0564. The summed E-state index contributed by atoms with van der Waals surface area (Å²) in [6.07, 6.45) is 5.12. The van der Waals surface area contributed by atoms with E-state index in [2.05, 4.69) is 27.8 Å². The smallest absolute Gasteiger partial charge is 0.250 e. The van der Waals surface area contributed by atoms with E-state index in [9.17, 15) is 4.79 Å². The van der Waals surface area contributed by atoms with Crippen LogP contribution >= 0.6 is 0 Å². The summed E-state index contributed by atoms with van der Waals surface area (Å²) in [5.41, 5.74) is 2.32. The maximum atomic E-state index is 11.6. The average Bonchev–Trinajstić information content (AvgIpc) is 3.04. The number of pyridine rings is 1. The summed E-state index contributed by atoms with van der Waals surface area (Å²) in [5.74, 6) is 0. The standard InChI is InChI=1S/C15H20N4O/c1-12-8-16-19(9-12)14-6-7-18(11-14)10-13-4-3-5-15(20)17(13)2/h3-5,8-9,14H,6-7,10-11H2,1-2H3. The monoisotopic (exact) mass is 272 g/mol.